The Hall–Kier alpha value is -1.84. The number of likely N-dealkylation sites (N-methyl/N-ethyl adjacent to an activating group) is 2. The van der Waals surface area contributed by atoms with E-state index in [9.17, 15) is 9.59 Å². The van der Waals surface area contributed by atoms with Crippen LogP contribution in [-0.2, 0) is 11.3 Å². The average molecular weight is 531 g/mol. The number of benzene rings is 1. The summed E-state index contributed by atoms with van der Waals surface area (Å²) < 4.78 is 0. The summed E-state index contributed by atoms with van der Waals surface area (Å²) >= 11 is 0. The molecule has 0 heterocycles. The van der Waals surface area contributed by atoms with E-state index in [-0.39, 0.29) is 47.9 Å². The van der Waals surface area contributed by atoms with Crippen molar-refractivity contribution in [1.82, 2.24) is 20.4 Å². The number of carbonyl (C=O) groups excluding carboxylic acids is 2. The van der Waals surface area contributed by atoms with Crippen LogP contribution in [0.25, 0.3) is 0 Å². The molecule has 0 spiro atoms. The zero-order valence-electron chi connectivity index (χ0n) is 19.4. The van der Waals surface area contributed by atoms with Gasteiger partial charge in [-0.15, -0.1) is 24.0 Å². The molecule has 1 rings (SSSR count). The minimum atomic E-state index is -0.288. The molecule has 2 N–H and O–H groups in total. The van der Waals surface area contributed by atoms with E-state index in [1.165, 1.54) is 0 Å². The first kappa shape index (κ1) is 28.2. The Bertz CT molecular complexity index is 712. The molecule has 0 radical (unpaired) electrons. The Balaban J connectivity index is 0.00000841. The molecule has 0 fully saturated rings. The molecule has 0 aliphatic carbocycles. The third kappa shape index (κ3) is 9.77. The topological polar surface area (TPSA) is 77.0 Å². The highest BCUT2D eigenvalue weighted by atomic mass is 127. The van der Waals surface area contributed by atoms with Crippen molar-refractivity contribution in [3.63, 3.8) is 0 Å². The Morgan fingerprint density at radius 2 is 1.73 bits per heavy atom. The summed E-state index contributed by atoms with van der Waals surface area (Å²) in [5, 5.41) is 6.20. The molecule has 1 aromatic carbocycles. The smallest absolute Gasteiger partial charge is 0.251 e. The van der Waals surface area contributed by atoms with Crippen molar-refractivity contribution in [2.75, 3.05) is 33.2 Å². The third-order valence-corrected chi connectivity index (χ3v) is 4.27. The Labute approximate surface area is 198 Å². The van der Waals surface area contributed by atoms with Crippen LogP contribution in [0.3, 0.4) is 0 Å². The fourth-order valence-electron chi connectivity index (χ4n) is 2.81. The molecule has 0 aromatic heterocycles. The van der Waals surface area contributed by atoms with Gasteiger partial charge < -0.3 is 20.4 Å². The summed E-state index contributed by atoms with van der Waals surface area (Å²) in [4.78, 5) is 33.1. The Morgan fingerprint density at radius 3 is 2.27 bits per heavy atom. The monoisotopic (exact) mass is 531 g/mol. The number of guanidine groups is 1. The molecule has 0 atom stereocenters. The number of halogens is 1. The van der Waals surface area contributed by atoms with Gasteiger partial charge in [-0.1, -0.05) is 12.1 Å². The lowest BCUT2D eigenvalue weighted by molar-refractivity contribution is -0.131. The molecule has 0 saturated heterocycles. The van der Waals surface area contributed by atoms with Crippen LogP contribution in [0.2, 0.25) is 0 Å². The standard InChI is InChI=1S/C22H37N5O2.HI/c1-8-23-21(26(7)16-19(28)27(9-2)10-3)24-15-17-12-11-13-18(14-17)20(29)25-22(4,5)6;/h11-14H,8-10,15-16H2,1-7H3,(H,23,24)(H,25,29);1H. The lowest BCUT2D eigenvalue weighted by Gasteiger charge is -2.25. The molecule has 0 aliphatic heterocycles. The van der Waals surface area contributed by atoms with Crippen molar-refractivity contribution in [1.29, 1.82) is 0 Å². The van der Waals surface area contributed by atoms with Gasteiger partial charge in [0.25, 0.3) is 5.91 Å². The highest BCUT2D eigenvalue weighted by Crippen LogP contribution is 2.09. The molecule has 8 heteroatoms. The molecule has 170 valence electrons. The van der Waals surface area contributed by atoms with Gasteiger partial charge >= 0.3 is 0 Å². The fourth-order valence-corrected chi connectivity index (χ4v) is 2.81. The van der Waals surface area contributed by atoms with Gasteiger partial charge in [-0.25, -0.2) is 4.99 Å². The highest BCUT2D eigenvalue weighted by Gasteiger charge is 2.16. The van der Waals surface area contributed by atoms with Crippen LogP contribution in [-0.4, -0.2) is 66.3 Å². The van der Waals surface area contributed by atoms with Crippen LogP contribution >= 0.6 is 24.0 Å². The van der Waals surface area contributed by atoms with E-state index in [0.29, 0.717) is 37.7 Å². The van der Waals surface area contributed by atoms with Gasteiger partial charge in [0.05, 0.1) is 13.1 Å². The quantitative estimate of drug-likeness (QED) is 0.307. The highest BCUT2D eigenvalue weighted by molar-refractivity contribution is 14.0. The van der Waals surface area contributed by atoms with E-state index in [4.69, 9.17) is 0 Å². The number of nitrogens with one attached hydrogen (secondary N) is 2. The van der Waals surface area contributed by atoms with Crippen molar-refractivity contribution in [2.45, 2.75) is 53.6 Å². The van der Waals surface area contributed by atoms with Crippen molar-refractivity contribution in [3.05, 3.63) is 35.4 Å². The van der Waals surface area contributed by atoms with Gasteiger partial charge in [-0.05, 0) is 59.2 Å². The van der Waals surface area contributed by atoms with E-state index >= 15 is 0 Å². The number of carbonyl (C=O) groups is 2. The van der Waals surface area contributed by atoms with E-state index in [0.717, 1.165) is 5.56 Å². The van der Waals surface area contributed by atoms with Crippen LogP contribution < -0.4 is 10.6 Å². The first-order chi connectivity index (χ1) is 13.6. The minimum Gasteiger partial charge on any atom is -0.357 e. The summed E-state index contributed by atoms with van der Waals surface area (Å²) in [7, 11) is 1.86. The van der Waals surface area contributed by atoms with Crippen molar-refractivity contribution < 1.29 is 9.59 Å². The van der Waals surface area contributed by atoms with Gasteiger partial charge in [-0.2, -0.15) is 0 Å². The van der Waals surface area contributed by atoms with Crippen LogP contribution in [0.5, 0.6) is 0 Å². The Kier molecular flexibility index (Phi) is 12.6. The van der Waals surface area contributed by atoms with Crippen LogP contribution in [0.15, 0.2) is 29.3 Å². The largest absolute Gasteiger partial charge is 0.357 e. The fraction of sp³-hybridized carbons (Fsp3) is 0.591. The molecule has 0 bridgehead atoms. The third-order valence-electron chi connectivity index (χ3n) is 4.27. The normalized spacial score (nSPS) is 11.4. The lowest BCUT2D eigenvalue weighted by Crippen LogP contribution is -2.45. The second-order valence-corrected chi connectivity index (χ2v) is 8.00. The van der Waals surface area contributed by atoms with Crippen molar-refractivity contribution >= 4 is 41.8 Å². The van der Waals surface area contributed by atoms with Gasteiger partial charge in [-0.3, -0.25) is 9.59 Å². The van der Waals surface area contributed by atoms with Gasteiger partial charge in [0.15, 0.2) is 5.96 Å². The van der Waals surface area contributed by atoms with Gasteiger partial charge in [0.1, 0.15) is 0 Å². The van der Waals surface area contributed by atoms with Crippen LogP contribution in [0.1, 0.15) is 57.5 Å². The minimum absolute atomic E-state index is 0. The van der Waals surface area contributed by atoms with Crippen molar-refractivity contribution in [3.8, 4) is 0 Å². The summed E-state index contributed by atoms with van der Waals surface area (Å²) in [5.74, 6) is 0.638. The maximum atomic E-state index is 12.4. The number of nitrogens with zero attached hydrogens (tertiary/aromatic N) is 3. The average Bonchev–Trinajstić information content (AvgIpc) is 2.64. The SMILES string of the molecule is CCNC(=NCc1cccc(C(=O)NC(C)(C)C)c1)N(C)CC(=O)N(CC)CC.I. The predicted molar refractivity (Wildman–Crippen MR) is 134 cm³/mol. The van der Waals surface area contributed by atoms with E-state index in [2.05, 4.69) is 15.6 Å². The molecule has 1 aromatic rings. The predicted octanol–water partition coefficient (Wildman–Crippen LogP) is 3.10. The lowest BCUT2D eigenvalue weighted by atomic mass is 10.1. The van der Waals surface area contributed by atoms with Gasteiger partial charge in [0, 0.05) is 37.8 Å². The molecule has 0 saturated carbocycles. The van der Waals surface area contributed by atoms with Crippen molar-refractivity contribution in [2.24, 2.45) is 4.99 Å². The molecule has 0 aliphatic rings. The Morgan fingerprint density at radius 1 is 1.10 bits per heavy atom. The molecule has 0 unspecified atom stereocenters. The maximum absolute atomic E-state index is 12.4. The number of rotatable bonds is 8. The molecule has 30 heavy (non-hydrogen) atoms. The summed E-state index contributed by atoms with van der Waals surface area (Å²) in [6, 6.07) is 7.47. The van der Waals surface area contributed by atoms with E-state index < -0.39 is 0 Å². The van der Waals surface area contributed by atoms with Gasteiger partial charge in [0.2, 0.25) is 5.91 Å². The zero-order valence-corrected chi connectivity index (χ0v) is 21.7. The van der Waals surface area contributed by atoms with E-state index in [1.54, 1.807) is 11.0 Å². The number of hydrogen-bond donors (Lipinski definition) is 2. The molecular formula is C22H38IN5O2. The summed E-state index contributed by atoms with van der Waals surface area (Å²) in [6.07, 6.45) is 0. The zero-order chi connectivity index (χ0) is 22.0. The summed E-state index contributed by atoms with van der Waals surface area (Å²) in [5.41, 5.74) is 1.26. The summed E-state index contributed by atoms with van der Waals surface area (Å²) in [6.45, 7) is 14.6. The second-order valence-electron chi connectivity index (χ2n) is 8.00. The number of amides is 2. The second kappa shape index (κ2) is 13.5. The first-order valence-electron chi connectivity index (χ1n) is 10.3. The molecule has 7 nitrogen and oxygen atoms in total. The van der Waals surface area contributed by atoms with Crippen LogP contribution in [0.4, 0.5) is 0 Å². The molecule has 2 amide bonds. The number of aliphatic imine (C=N–C) groups is 1. The first-order valence-corrected chi connectivity index (χ1v) is 10.3. The maximum Gasteiger partial charge on any atom is 0.251 e. The van der Waals surface area contributed by atoms with E-state index in [1.807, 2.05) is 71.7 Å². The number of hydrogen-bond acceptors (Lipinski definition) is 3. The molecular weight excluding hydrogens is 493 g/mol. The van der Waals surface area contributed by atoms with Crippen LogP contribution in [0, 0.1) is 0 Å².